The van der Waals surface area contributed by atoms with Crippen LogP contribution in [0.1, 0.15) is 45.5 Å². The number of aryl methyl sites for hydroxylation is 3. The maximum Gasteiger partial charge on any atom is 0.377 e. The Labute approximate surface area is 135 Å². The number of nitrogens with one attached hydrogen (secondary N) is 1. The first-order valence-corrected chi connectivity index (χ1v) is 7.82. The summed E-state index contributed by atoms with van der Waals surface area (Å²) < 4.78 is 10.1. The number of fused-ring (bicyclic) bond motifs is 1. The summed E-state index contributed by atoms with van der Waals surface area (Å²) in [5.41, 5.74) is 1.28. The fourth-order valence-electron chi connectivity index (χ4n) is 2.20. The molecule has 0 aliphatic heterocycles. The monoisotopic (exact) mass is 333 g/mol. The van der Waals surface area contributed by atoms with Crippen molar-refractivity contribution in [1.29, 1.82) is 0 Å². The van der Waals surface area contributed by atoms with Gasteiger partial charge in [-0.1, -0.05) is 5.16 Å². The van der Waals surface area contributed by atoms with Crippen molar-refractivity contribution in [2.24, 2.45) is 0 Å². The van der Waals surface area contributed by atoms with Gasteiger partial charge in [0.1, 0.15) is 4.83 Å². The van der Waals surface area contributed by atoms with Crippen LogP contribution in [0.5, 0.6) is 0 Å². The molecule has 0 unspecified atom stereocenters. The summed E-state index contributed by atoms with van der Waals surface area (Å²) in [4.78, 5) is 33.0. The van der Waals surface area contributed by atoms with Crippen LogP contribution in [0, 0.1) is 20.8 Å². The molecule has 0 saturated carbocycles. The van der Waals surface area contributed by atoms with Crippen molar-refractivity contribution in [3.8, 4) is 0 Å². The largest absolute Gasteiger partial charge is 0.449 e. The number of hydrogen-bond acceptors (Lipinski definition) is 7. The van der Waals surface area contributed by atoms with E-state index < -0.39 is 12.1 Å². The van der Waals surface area contributed by atoms with Gasteiger partial charge in [0.15, 0.2) is 11.9 Å². The molecule has 1 atom stereocenters. The Morgan fingerprint density at radius 1 is 1.39 bits per heavy atom. The van der Waals surface area contributed by atoms with Gasteiger partial charge in [-0.3, -0.25) is 4.79 Å². The number of H-pyrrole nitrogens is 1. The molecule has 0 aromatic carbocycles. The lowest BCUT2D eigenvalue weighted by Gasteiger charge is -2.11. The molecule has 0 amide bonds. The molecular weight excluding hydrogens is 318 g/mol. The van der Waals surface area contributed by atoms with E-state index in [-0.39, 0.29) is 11.3 Å². The number of thiophene rings is 1. The lowest BCUT2D eigenvalue weighted by molar-refractivity contribution is 0.0274. The maximum atomic E-state index is 12.2. The van der Waals surface area contributed by atoms with Crippen LogP contribution >= 0.6 is 11.3 Å². The molecule has 0 radical (unpaired) electrons. The van der Waals surface area contributed by atoms with Crippen molar-refractivity contribution < 1.29 is 14.1 Å². The van der Waals surface area contributed by atoms with E-state index in [0.717, 1.165) is 10.4 Å². The minimum Gasteiger partial charge on any atom is -0.449 e. The number of carbonyl (C=O) groups is 1. The number of ether oxygens (including phenoxy) is 1. The normalized spacial score (nSPS) is 12.5. The lowest BCUT2D eigenvalue weighted by atomic mass is 10.2. The molecule has 0 bridgehead atoms. The average Bonchev–Trinajstić information content (AvgIpc) is 3.03. The third-order valence-electron chi connectivity index (χ3n) is 3.56. The van der Waals surface area contributed by atoms with E-state index in [4.69, 9.17) is 9.26 Å². The van der Waals surface area contributed by atoms with E-state index in [9.17, 15) is 9.59 Å². The van der Waals surface area contributed by atoms with Gasteiger partial charge in [0, 0.05) is 10.9 Å². The predicted octanol–water partition coefficient (Wildman–Crippen LogP) is 2.82. The molecule has 0 aliphatic carbocycles. The van der Waals surface area contributed by atoms with E-state index in [0.29, 0.717) is 21.7 Å². The third-order valence-corrected chi connectivity index (χ3v) is 4.66. The summed E-state index contributed by atoms with van der Waals surface area (Å²) in [7, 11) is 0. The summed E-state index contributed by atoms with van der Waals surface area (Å²) in [6, 6.07) is 1.49. The number of hydrogen-bond donors (Lipinski definition) is 1. The number of rotatable bonds is 3. The Hall–Kier alpha value is -2.48. The summed E-state index contributed by atoms with van der Waals surface area (Å²) in [6.07, 6.45) is -0.715. The summed E-state index contributed by atoms with van der Waals surface area (Å²) in [6.45, 7) is 7.17. The van der Waals surface area contributed by atoms with E-state index in [1.807, 2.05) is 13.8 Å². The van der Waals surface area contributed by atoms with Crippen molar-refractivity contribution >= 4 is 27.5 Å². The highest BCUT2D eigenvalue weighted by molar-refractivity contribution is 7.18. The summed E-state index contributed by atoms with van der Waals surface area (Å²) in [5.74, 6) is -0.340. The van der Waals surface area contributed by atoms with Crippen molar-refractivity contribution in [1.82, 2.24) is 15.1 Å². The van der Waals surface area contributed by atoms with Gasteiger partial charge in [-0.15, -0.1) is 11.3 Å². The fourth-order valence-corrected chi connectivity index (χ4v) is 3.24. The fraction of sp³-hybridized carbons (Fsp3) is 0.333. The van der Waals surface area contributed by atoms with E-state index in [1.54, 1.807) is 13.8 Å². The molecule has 3 rings (SSSR count). The Bertz CT molecular complexity index is 953. The quantitative estimate of drug-likeness (QED) is 0.740. The van der Waals surface area contributed by atoms with Crippen LogP contribution in [0.2, 0.25) is 0 Å². The zero-order valence-corrected chi connectivity index (χ0v) is 13.9. The Morgan fingerprint density at radius 3 is 2.78 bits per heavy atom. The second-order valence-electron chi connectivity index (χ2n) is 5.29. The third kappa shape index (κ3) is 2.77. The summed E-state index contributed by atoms with van der Waals surface area (Å²) in [5, 5.41) is 4.22. The minimum absolute atomic E-state index is 0.0144. The average molecular weight is 333 g/mol. The standard InChI is InChI=1S/C15H15N3O4S/c1-6-5-10(22-18-6)15(20)21-8(3)12-16-13(19)11-7(2)9(4)23-14(11)17-12/h5,8H,1-4H3,(H,16,17,19)/t8-/m1/s1. The van der Waals surface area contributed by atoms with Gasteiger partial charge in [-0.2, -0.15) is 0 Å². The number of aromatic amines is 1. The highest BCUT2D eigenvalue weighted by Gasteiger charge is 2.21. The molecule has 23 heavy (non-hydrogen) atoms. The van der Waals surface area contributed by atoms with Crippen molar-refractivity contribution in [2.75, 3.05) is 0 Å². The summed E-state index contributed by atoms with van der Waals surface area (Å²) >= 11 is 1.44. The van der Waals surface area contributed by atoms with Crippen LogP contribution in [0.4, 0.5) is 0 Å². The molecule has 0 saturated heterocycles. The van der Waals surface area contributed by atoms with Gasteiger partial charge in [0.05, 0.1) is 11.1 Å². The number of nitrogens with zero attached hydrogens (tertiary/aromatic N) is 2. The van der Waals surface area contributed by atoms with E-state index in [1.165, 1.54) is 17.4 Å². The van der Waals surface area contributed by atoms with E-state index >= 15 is 0 Å². The molecule has 0 fully saturated rings. The first-order chi connectivity index (χ1) is 10.9. The zero-order chi connectivity index (χ0) is 16.7. The first kappa shape index (κ1) is 15.4. The second kappa shape index (κ2) is 5.62. The molecule has 1 N–H and O–H groups in total. The highest BCUT2D eigenvalue weighted by atomic mass is 32.1. The highest BCUT2D eigenvalue weighted by Crippen LogP contribution is 2.27. The zero-order valence-electron chi connectivity index (χ0n) is 13.1. The van der Waals surface area contributed by atoms with Gasteiger partial charge >= 0.3 is 5.97 Å². The SMILES string of the molecule is Cc1cc(C(=O)O[C@H](C)c2nc3sc(C)c(C)c3c(=O)[nH]2)on1. The maximum absolute atomic E-state index is 12.2. The first-order valence-electron chi connectivity index (χ1n) is 7.01. The second-order valence-corrected chi connectivity index (χ2v) is 6.50. The van der Waals surface area contributed by atoms with Gasteiger partial charge < -0.3 is 14.2 Å². The molecule has 7 nitrogen and oxygen atoms in total. The molecule has 8 heteroatoms. The number of esters is 1. The smallest absolute Gasteiger partial charge is 0.377 e. The lowest BCUT2D eigenvalue weighted by Crippen LogP contribution is -2.17. The van der Waals surface area contributed by atoms with Crippen molar-refractivity contribution in [3.05, 3.63) is 44.1 Å². The molecule has 3 aromatic heterocycles. The van der Waals surface area contributed by atoms with Gasteiger partial charge in [-0.05, 0) is 33.3 Å². The Kier molecular flexibility index (Phi) is 3.77. The number of carbonyl (C=O) groups excluding carboxylic acids is 1. The topological polar surface area (TPSA) is 98.1 Å². The molecule has 3 heterocycles. The van der Waals surface area contributed by atoms with Crippen LogP contribution in [-0.2, 0) is 4.74 Å². The molecule has 3 aromatic rings. The van der Waals surface area contributed by atoms with Crippen LogP contribution < -0.4 is 5.56 Å². The molecular formula is C15H15N3O4S. The van der Waals surface area contributed by atoms with Crippen molar-refractivity contribution in [2.45, 2.75) is 33.8 Å². The van der Waals surface area contributed by atoms with Gasteiger partial charge in [-0.25, -0.2) is 9.78 Å². The predicted molar refractivity (Wildman–Crippen MR) is 84.8 cm³/mol. The molecule has 0 aliphatic rings. The Balaban J connectivity index is 1.90. The Morgan fingerprint density at radius 2 is 2.13 bits per heavy atom. The van der Waals surface area contributed by atoms with Crippen molar-refractivity contribution in [3.63, 3.8) is 0 Å². The minimum atomic E-state index is -0.715. The molecule has 120 valence electrons. The van der Waals surface area contributed by atoms with Gasteiger partial charge in [0.25, 0.3) is 5.56 Å². The van der Waals surface area contributed by atoms with Crippen LogP contribution in [-0.4, -0.2) is 21.1 Å². The van der Waals surface area contributed by atoms with Crippen LogP contribution in [0.15, 0.2) is 15.4 Å². The van der Waals surface area contributed by atoms with Crippen LogP contribution in [0.3, 0.4) is 0 Å². The van der Waals surface area contributed by atoms with Gasteiger partial charge in [0.2, 0.25) is 5.76 Å². The molecule has 0 spiro atoms. The van der Waals surface area contributed by atoms with E-state index in [2.05, 4.69) is 15.1 Å². The van der Waals surface area contributed by atoms with Crippen LogP contribution in [0.25, 0.3) is 10.2 Å². The number of aromatic nitrogens is 3.